The predicted molar refractivity (Wildman–Crippen MR) is 153 cm³/mol. The molecule has 1 unspecified atom stereocenters. The van der Waals surface area contributed by atoms with E-state index in [2.05, 4.69) is 16.5 Å². The Balaban J connectivity index is 1.54. The summed E-state index contributed by atoms with van der Waals surface area (Å²) < 4.78 is 69.9. The Morgan fingerprint density at radius 1 is 1.26 bits per heavy atom. The molecule has 2 fully saturated rings. The smallest absolute Gasteiger partial charge is 0.417 e. The molecule has 0 spiro atoms. The minimum atomic E-state index is -4.82. The summed E-state index contributed by atoms with van der Waals surface area (Å²) in [4.78, 5) is 27.8. The highest BCUT2D eigenvalue weighted by Crippen LogP contribution is 2.44. The van der Waals surface area contributed by atoms with Crippen molar-refractivity contribution in [1.29, 1.82) is 0 Å². The molecule has 1 aromatic carbocycles. The van der Waals surface area contributed by atoms with E-state index < -0.39 is 29.2 Å². The topological polar surface area (TPSA) is 97.0 Å². The second kappa shape index (κ2) is 11.9. The van der Waals surface area contributed by atoms with Crippen molar-refractivity contribution in [3.05, 3.63) is 52.5 Å². The largest absolute Gasteiger partial charge is 0.462 e. The van der Waals surface area contributed by atoms with Crippen LogP contribution in [0.2, 0.25) is 0 Å². The molecule has 234 valence electrons. The summed E-state index contributed by atoms with van der Waals surface area (Å²) in [5.74, 6) is -0.782. The Morgan fingerprint density at radius 2 is 2.00 bits per heavy atom. The minimum absolute atomic E-state index is 0.0967. The molecule has 0 bridgehead atoms. The van der Waals surface area contributed by atoms with Crippen molar-refractivity contribution >= 4 is 17.4 Å². The second-order valence-corrected chi connectivity index (χ2v) is 11.8. The molecule has 43 heavy (non-hydrogen) atoms. The van der Waals surface area contributed by atoms with E-state index >= 15 is 4.39 Å². The van der Waals surface area contributed by atoms with Gasteiger partial charge in [-0.1, -0.05) is 6.58 Å². The van der Waals surface area contributed by atoms with E-state index in [1.807, 2.05) is 25.8 Å². The summed E-state index contributed by atoms with van der Waals surface area (Å²) >= 11 is 0. The molecule has 1 aromatic heterocycles. The minimum Gasteiger partial charge on any atom is -0.462 e. The number of amides is 1. The van der Waals surface area contributed by atoms with Crippen LogP contribution in [0.25, 0.3) is 0 Å². The van der Waals surface area contributed by atoms with Gasteiger partial charge in [0.05, 0.1) is 29.7 Å². The van der Waals surface area contributed by atoms with E-state index in [0.717, 1.165) is 25.5 Å². The number of anilines is 2. The second-order valence-electron chi connectivity index (χ2n) is 11.8. The standard InChI is InChI=1S/C30H38F4N6O3/c1-6-24(41)39-12-18(4)40(13-17(39)3)28-20-15-42-23(25-26(30(32,33)34)16(2)10-21(35)27(25)31)11-22(20)36-29(37-28)43-14-19-8-7-9-38(19)5/h6,10,17-19,23H,1,7-9,11-15,35H2,2-5H3/t17-,18+,19+,23?/m1/s1. The van der Waals surface area contributed by atoms with Crippen molar-refractivity contribution in [3.63, 3.8) is 0 Å². The van der Waals surface area contributed by atoms with Gasteiger partial charge in [-0.3, -0.25) is 4.79 Å². The Morgan fingerprint density at radius 3 is 2.65 bits per heavy atom. The zero-order valence-electron chi connectivity index (χ0n) is 24.9. The number of hydrogen-bond donors (Lipinski definition) is 1. The summed E-state index contributed by atoms with van der Waals surface area (Å²) in [6, 6.07) is 0.949. The number of likely N-dealkylation sites (tertiary alicyclic amines) is 1. The Labute approximate surface area is 248 Å². The van der Waals surface area contributed by atoms with Crippen LogP contribution in [0.3, 0.4) is 0 Å². The first-order valence-electron chi connectivity index (χ1n) is 14.5. The fourth-order valence-electron chi connectivity index (χ4n) is 6.45. The highest BCUT2D eigenvalue weighted by atomic mass is 19.4. The maximum atomic E-state index is 15.3. The first kappa shape index (κ1) is 31.0. The third-order valence-corrected chi connectivity index (χ3v) is 8.78. The van der Waals surface area contributed by atoms with Gasteiger partial charge >= 0.3 is 12.2 Å². The number of rotatable bonds is 6. The highest BCUT2D eigenvalue weighted by molar-refractivity contribution is 5.87. The SMILES string of the molecule is C=CC(=O)N1C[C@H](C)N(c2nc(OC[C@@H]3CCCN3C)nc3c2COC(c2c(F)c(N)cc(C)c2C(F)(F)F)C3)C[C@H]1C. The van der Waals surface area contributed by atoms with E-state index in [1.165, 1.54) is 13.0 Å². The van der Waals surface area contributed by atoms with Gasteiger partial charge in [0.15, 0.2) is 5.82 Å². The molecular formula is C30H38F4N6O3. The van der Waals surface area contributed by atoms with Crippen LogP contribution < -0.4 is 15.4 Å². The number of halogens is 4. The molecule has 0 saturated carbocycles. The molecule has 9 nitrogen and oxygen atoms in total. The molecule has 1 amide bonds. The summed E-state index contributed by atoms with van der Waals surface area (Å²) in [6.07, 6.45) is -2.92. The lowest BCUT2D eigenvalue weighted by Crippen LogP contribution is -2.58. The molecule has 3 aliphatic rings. The van der Waals surface area contributed by atoms with Gasteiger partial charge in [0.25, 0.3) is 0 Å². The van der Waals surface area contributed by atoms with Gasteiger partial charge in [-0.25, -0.2) is 4.39 Å². The average molecular weight is 607 g/mol. The molecule has 0 radical (unpaired) electrons. The average Bonchev–Trinajstić information content (AvgIpc) is 3.37. The third-order valence-electron chi connectivity index (χ3n) is 8.78. The number of alkyl halides is 3. The molecule has 2 saturated heterocycles. The fourth-order valence-corrected chi connectivity index (χ4v) is 6.45. The van der Waals surface area contributed by atoms with Crippen molar-refractivity contribution in [2.24, 2.45) is 0 Å². The highest BCUT2D eigenvalue weighted by Gasteiger charge is 2.42. The number of nitrogens with zero attached hydrogens (tertiary/aromatic N) is 5. The molecule has 2 aromatic rings. The quantitative estimate of drug-likeness (QED) is 0.293. The Hall–Kier alpha value is -3.45. The van der Waals surface area contributed by atoms with Crippen molar-refractivity contribution in [1.82, 2.24) is 19.8 Å². The number of benzene rings is 1. The number of piperazine rings is 1. The molecule has 2 N–H and O–H groups in total. The first-order valence-corrected chi connectivity index (χ1v) is 14.5. The molecule has 3 aliphatic heterocycles. The molecule has 5 rings (SSSR count). The maximum Gasteiger partial charge on any atom is 0.417 e. The lowest BCUT2D eigenvalue weighted by Gasteiger charge is -2.45. The van der Waals surface area contributed by atoms with Crippen LogP contribution in [0.15, 0.2) is 18.7 Å². The lowest BCUT2D eigenvalue weighted by atomic mass is 9.91. The van der Waals surface area contributed by atoms with Gasteiger partial charge in [0.1, 0.15) is 12.4 Å². The number of nitrogen functional groups attached to an aromatic ring is 1. The van der Waals surface area contributed by atoms with Crippen molar-refractivity contribution < 1.29 is 31.8 Å². The molecule has 4 atom stereocenters. The number of nitrogens with two attached hydrogens (primary N) is 1. The lowest BCUT2D eigenvalue weighted by molar-refractivity contribution is -0.140. The number of likely N-dealkylation sites (N-methyl/N-ethyl adjacent to an activating group) is 1. The molecular weight excluding hydrogens is 568 g/mol. The zero-order valence-corrected chi connectivity index (χ0v) is 24.9. The van der Waals surface area contributed by atoms with Crippen LogP contribution in [0.5, 0.6) is 6.01 Å². The van der Waals surface area contributed by atoms with E-state index in [9.17, 15) is 18.0 Å². The monoisotopic (exact) mass is 606 g/mol. The van der Waals surface area contributed by atoms with Crippen LogP contribution in [0.4, 0.5) is 29.1 Å². The third kappa shape index (κ3) is 6.01. The summed E-state index contributed by atoms with van der Waals surface area (Å²) in [5.41, 5.74) is 4.52. The Kier molecular flexibility index (Phi) is 8.59. The number of ether oxygens (including phenoxy) is 2. The van der Waals surface area contributed by atoms with Crippen molar-refractivity contribution in [3.8, 4) is 6.01 Å². The molecule has 0 aliphatic carbocycles. The predicted octanol–water partition coefficient (Wildman–Crippen LogP) is 4.42. The van der Waals surface area contributed by atoms with Gasteiger partial charge in [0, 0.05) is 48.8 Å². The maximum absolute atomic E-state index is 15.3. The molecule has 13 heteroatoms. The van der Waals surface area contributed by atoms with Crippen molar-refractivity contribution in [2.75, 3.05) is 43.9 Å². The first-order chi connectivity index (χ1) is 20.3. The summed E-state index contributed by atoms with van der Waals surface area (Å²) in [7, 11) is 2.02. The number of hydrogen-bond acceptors (Lipinski definition) is 8. The number of carbonyl (C=O) groups excluding carboxylic acids is 1. The van der Waals surface area contributed by atoms with Gasteiger partial charge in [-0.15, -0.1) is 0 Å². The van der Waals surface area contributed by atoms with Crippen LogP contribution >= 0.6 is 0 Å². The van der Waals surface area contributed by atoms with E-state index in [-0.39, 0.29) is 54.3 Å². The number of aromatic nitrogens is 2. The van der Waals surface area contributed by atoms with E-state index in [1.54, 1.807) is 4.90 Å². The summed E-state index contributed by atoms with van der Waals surface area (Å²) in [6.45, 7) is 10.8. The number of carbonyl (C=O) groups is 1. The van der Waals surface area contributed by atoms with Crippen LogP contribution in [0.1, 0.15) is 60.7 Å². The summed E-state index contributed by atoms with van der Waals surface area (Å²) in [5, 5.41) is 0. The van der Waals surface area contributed by atoms with E-state index in [0.29, 0.717) is 36.8 Å². The van der Waals surface area contributed by atoms with Gasteiger partial charge < -0.3 is 29.9 Å². The normalized spacial score (nSPS) is 24.7. The van der Waals surface area contributed by atoms with Crippen LogP contribution in [-0.2, 0) is 28.7 Å². The fraction of sp³-hybridized carbons (Fsp3) is 0.567. The van der Waals surface area contributed by atoms with Crippen LogP contribution in [-0.4, -0.2) is 77.1 Å². The Bertz CT molecular complexity index is 1400. The van der Waals surface area contributed by atoms with Gasteiger partial charge in [0.2, 0.25) is 5.91 Å². The van der Waals surface area contributed by atoms with Gasteiger partial charge in [-0.2, -0.15) is 23.1 Å². The van der Waals surface area contributed by atoms with Crippen molar-refractivity contribution in [2.45, 2.75) is 77.0 Å². The number of fused-ring (bicyclic) bond motifs is 1. The zero-order chi connectivity index (χ0) is 31.2. The van der Waals surface area contributed by atoms with E-state index in [4.69, 9.17) is 20.2 Å². The van der Waals surface area contributed by atoms with Gasteiger partial charge in [-0.05, 0) is 64.9 Å². The molecule has 4 heterocycles. The number of aryl methyl sites for hydroxylation is 1. The van der Waals surface area contributed by atoms with Crippen LogP contribution in [0, 0.1) is 12.7 Å².